The van der Waals surface area contributed by atoms with Crippen LogP contribution in [0.15, 0.2) is 63.8 Å². The zero-order valence-corrected chi connectivity index (χ0v) is 16.0. The predicted molar refractivity (Wildman–Crippen MR) is 113 cm³/mol. The van der Waals surface area contributed by atoms with Gasteiger partial charge in [-0.3, -0.25) is 0 Å². The molecule has 6 heteroatoms. The highest BCUT2D eigenvalue weighted by Gasteiger charge is 2.19. The molecule has 5 nitrogen and oxygen atoms in total. The first-order valence-corrected chi connectivity index (χ1v) is 10.2. The van der Waals surface area contributed by atoms with Gasteiger partial charge in [-0.25, -0.2) is 9.97 Å². The van der Waals surface area contributed by atoms with Crippen molar-refractivity contribution in [1.29, 1.82) is 0 Å². The molecule has 0 atom stereocenters. The van der Waals surface area contributed by atoms with Crippen LogP contribution in [0, 0.1) is 12.3 Å². The van der Waals surface area contributed by atoms with Crippen LogP contribution in [0.1, 0.15) is 22.9 Å². The third-order valence-corrected chi connectivity index (χ3v) is 5.62. The Morgan fingerprint density at radius 1 is 1.00 bits per heavy atom. The van der Waals surface area contributed by atoms with Crippen LogP contribution in [0.5, 0.6) is 0 Å². The van der Waals surface area contributed by atoms with Crippen molar-refractivity contribution in [3.8, 4) is 12.3 Å². The van der Waals surface area contributed by atoms with Gasteiger partial charge in [0.2, 0.25) is 5.82 Å². The normalized spacial score (nSPS) is 12.0. The van der Waals surface area contributed by atoms with Crippen molar-refractivity contribution in [1.82, 2.24) is 9.97 Å². The van der Waals surface area contributed by atoms with E-state index in [0.717, 1.165) is 11.5 Å². The quantitative estimate of drug-likeness (QED) is 0.330. The van der Waals surface area contributed by atoms with Crippen LogP contribution < -0.4 is 8.85 Å². The van der Waals surface area contributed by atoms with Crippen molar-refractivity contribution >= 4 is 38.6 Å². The molecule has 0 spiro atoms. The van der Waals surface area contributed by atoms with Gasteiger partial charge >= 0.3 is 0 Å². The lowest BCUT2D eigenvalue weighted by Crippen LogP contribution is -2.15. The van der Waals surface area contributed by atoms with Crippen molar-refractivity contribution in [2.45, 2.75) is 5.92 Å². The van der Waals surface area contributed by atoms with Gasteiger partial charge in [-0.15, -0.1) is 6.42 Å². The van der Waals surface area contributed by atoms with Crippen molar-refractivity contribution in [3.63, 3.8) is 0 Å². The largest absolute Gasteiger partial charge is 0.367 e. The van der Waals surface area contributed by atoms with E-state index in [4.69, 9.17) is 6.42 Å². The average Bonchev–Trinajstić information content (AvgIpc) is 3.18. The monoisotopic (exact) mass is 453 g/mol. The van der Waals surface area contributed by atoms with Gasteiger partial charge in [0.05, 0.1) is 0 Å². The molecule has 26 heavy (non-hydrogen) atoms. The van der Waals surface area contributed by atoms with E-state index in [0.29, 0.717) is 18.2 Å². The van der Waals surface area contributed by atoms with Crippen molar-refractivity contribution in [2.75, 3.05) is 15.4 Å². The molecule has 1 aliphatic rings. The van der Waals surface area contributed by atoms with Crippen LogP contribution in [0.2, 0.25) is 0 Å². The molecule has 3 aromatic rings. The molecule has 4 rings (SSSR count). The highest BCUT2D eigenvalue weighted by molar-refractivity contribution is 14.2. The molecule has 0 aliphatic carbocycles. The molecule has 0 unspecified atom stereocenters. The zero-order valence-electron chi connectivity index (χ0n) is 13.9. The van der Waals surface area contributed by atoms with Gasteiger partial charge in [0.1, 0.15) is 21.3 Å². The second-order valence-electron chi connectivity index (χ2n) is 5.76. The van der Waals surface area contributed by atoms with Gasteiger partial charge in [0.15, 0.2) is 17.3 Å². The summed E-state index contributed by atoms with van der Waals surface area (Å²) in [6.45, 7) is 0.690. The molecular formula is C20H16IN5. The first-order valence-electron chi connectivity index (χ1n) is 8.18. The van der Waals surface area contributed by atoms with E-state index in [-0.39, 0.29) is 5.92 Å². The highest BCUT2D eigenvalue weighted by atomic mass is 127. The standard InChI is InChI=1S/C20H16IN5/c1-2-17-23-19(18-20(24-17)26-21-25-18)22-13-16(14-9-5-3-6-10-14)15-11-7-4-8-12-15/h1,3-12,16H,13H2,(H2,22,23,24,25,26). The Bertz CT molecular complexity index is 941. The zero-order chi connectivity index (χ0) is 17.8. The molecule has 1 aromatic heterocycles. The Morgan fingerprint density at radius 3 is 2.27 bits per heavy atom. The molecule has 0 amide bonds. The number of hydrogen-bond donors (Lipinski definition) is 2. The Labute approximate surface area is 162 Å². The summed E-state index contributed by atoms with van der Waals surface area (Å²) < 4.78 is 7.76. The minimum Gasteiger partial charge on any atom is -0.367 e. The number of rotatable bonds is 5. The number of nitrogens with one attached hydrogen (secondary N) is 2. The number of halogens is 1. The number of nitrogens with zero attached hydrogens (tertiary/aromatic N) is 3. The maximum absolute atomic E-state index is 5.50. The van der Waals surface area contributed by atoms with Crippen molar-refractivity contribution < 1.29 is 0 Å². The van der Waals surface area contributed by atoms with E-state index in [1.807, 2.05) is 12.1 Å². The van der Waals surface area contributed by atoms with Gasteiger partial charge in [0.25, 0.3) is 0 Å². The fourth-order valence-electron chi connectivity index (χ4n) is 2.89. The maximum atomic E-state index is 5.50. The molecule has 0 fully saturated rings. The molecular weight excluding hydrogens is 437 g/mol. The molecule has 0 radical (unpaired) electrons. The lowest BCUT2D eigenvalue weighted by molar-refractivity contribution is 0.847. The molecule has 0 saturated carbocycles. The summed E-state index contributed by atoms with van der Waals surface area (Å²) in [5.41, 5.74) is 3.28. The molecule has 0 saturated heterocycles. The summed E-state index contributed by atoms with van der Waals surface area (Å²) in [5, 5.41) is 3.45. The lowest BCUT2D eigenvalue weighted by atomic mass is 9.91. The molecule has 2 aromatic carbocycles. The SMILES string of the molecule is C#Cc1nc(NCC(c2ccccc2)c2ccccc2)c2c(n1)NI=N2. The Balaban J connectivity index is 1.65. The summed E-state index contributed by atoms with van der Waals surface area (Å²) in [7, 11) is 0. The van der Waals surface area contributed by atoms with E-state index < -0.39 is 21.3 Å². The second kappa shape index (κ2) is 7.62. The first-order chi connectivity index (χ1) is 12.8. The van der Waals surface area contributed by atoms with Crippen LogP contribution in [-0.4, -0.2) is 16.5 Å². The van der Waals surface area contributed by atoms with Crippen LogP contribution in [0.4, 0.5) is 17.3 Å². The summed E-state index contributed by atoms with van der Waals surface area (Å²) in [5.74, 6) is 4.52. The van der Waals surface area contributed by atoms with Gasteiger partial charge in [0, 0.05) is 12.5 Å². The third kappa shape index (κ3) is 3.44. The lowest BCUT2D eigenvalue weighted by Gasteiger charge is -2.19. The number of terminal acetylenes is 1. The van der Waals surface area contributed by atoms with Crippen LogP contribution in [0.25, 0.3) is 0 Å². The van der Waals surface area contributed by atoms with E-state index >= 15 is 0 Å². The van der Waals surface area contributed by atoms with E-state index in [1.54, 1.807) is 0 Å². The molecule has 2 heterocycles. The first kappa shape index (κ1) is 16.7. The Morgan fingerprint density at radius 2 is 1.65 bits per heavy atom. The van der Waals surface area contributed by atoms with Crippen molar-refractivity contribution in [2.24, 2.45) is 3.15 Å². The van der Waals surface area contributed by atoms with Gasteiger partial charge in [-0.05, 0) is 17.0 Å². The third-order valence-electron chi connectivity index (χ3n) is 4.15. The van der Waals surface area contributed by atoms with Crippen molar-refractivity contribution in [3.05, 3.63) is 77.6 Å². The Kier molecular flexibility index (Phi) is 4.88. The second-order valence-corrected chi connectivity index (χ2v) is 7.26. The van der Waals surface area contributed by atoms with Gasteiger partial charge < -0.3 is 8.85 Å². The topological polar surface area (TPSA) is 62.2 Å². The van der Waals surface area contributed by atoms with Crippen LogP contribution in [0.3, 0.4) is 0 Å². The molecule has 128 valence electrons. The summed E-state index contributed by atoms with van der Waals surface area (Å²) in [6.07, 6.45) is 5.50. The highest BCUT2D eigenvalue weighted by Crippen LogP contribution is 2.40. The van der Waals surface area contributed by atoms with Gasteiger partial charge in [-0.2, -0.15) is 3.15 Å². The average molecular weight is 453 g/mol. The van der Waals surface area contributed by atoms with Gasteiger partial charge in [-0.1, -0.05) is 60.7 Å². The molecule has 1 aliphatic heterocycles. The molecule has 2 N–H and O–H groups in total. The number of anilines is 2. The summed E-state index contributed by atoms with van der Waals surface area (Å²) >= 11 is -0.475. The minimum absolute atomic E-state index is 0.196. The van der Waals surface area contributed by atoms with Crippen LogP contribution >= 0.6 is 21.3 Å². The van der Waals surface area contributed by atoms with E-state index in [2.05, 4.69) is 76.4 Å². The molecule has 0 bridgehead atoms. The summed E-state index contributed by atoms with van der Waals surface area (Å²) in [6, 6.07) is 20.9. The van der Waals surface area contributed by atoms with E-state index in [9.17, 15) is 0 Å². The minimum atomic E-state index is -0.475. The predicted octanol–water partition coefficient (Wildman–Crippen LogP) is 4.83. The smallest absolute Gasteiger partial charge is 0.208 e. The number of fused-ring (bicyclic) bond motifs is 1. The Hall–Kier alpha value is -2.79. The number of hydrogen-bond acceptors (Lipinski definition) is 5. The van der Waals surface area contributed by atoms with Crippen LogP contribution in [-0.2, 0) is 0 Å². The summed E-state index contributed by atoms with van der Waals surface area (Å²) in [4.78, 5) is 8.76. The number of benzene rings is 2. The fraction of sp³-hybridized carbons (Fsp3) is 0.100. The fourth-order valence-corrected chi connectivity index (χ4v) is 4.31. The number of aromatic nitrogens is 2. The van der Waals surface area contributed by atoms with E-state index in [1.165, 1.54) is 11.1 Å². The maximum Gasteiger partial charge on any atom is 0.208 e.